The van der Waals surface area contributed by atoms with Gasteiger partial charge in [-0.05, 0) is 18.6 Å². The summed E-state index contributed by atoms with van der Waals surface area (Å²) >= 11 is 0. The van der Waals surface area contributed by atoms with Crippen LogP contribution >= 0.6 is 0 Å². The summed E-state index contributed by atoms with van der Waals surface area (Å²) in [5.41, 5.74) is 3.92. The molecule has 2 N–H and O–H groups in total. The van der Waals surface area contributed by atoms with Crippen LogP contribution in [0.4, 0.5) is 0 Å². The van der Waals surface area contributed by atoms with Gasteiger partial charge in [0.25, 0.3) is 0 Å². The number of aromatic amines is 1. The van der Waals surface area contributed by atoms with Crippen LogP contribution in [0, 0.1) is 6.92 Å². The molecule has 2 aromatic heterocycles. The molecule has 2 heterocycles. The quantitative estimate of drug-likeness (QED) is 0.748. The van der Waals surface area contributed by atoms with E-state index in [0.717, 1.165) is 12.4 Å². The Labute approximate surface area is 111 Å². The van der Waals surface area contributed by atoms with Gasteiger partial charge in [0.15, 0.2) is 0 Å². The van der Waals surface area contributed by atoms with E-state index in [4.69, 9.17) is 0 Å². The molecule has 3 rings (SSSR count). The van der Waals surface area contributed by atoms with Crippen molar-refractivity contribution in [1.29, 1.82) is 0 Å². The fourth-order valence-electron chi connectivity index (χ4n) is 2.50. The molecule has 0 spiro atoms. The van der Waals surface area contributed by atoms with Crippen LogP contribution in [0.5, 0.6) is 0 Å². The minimum Gasteiger partial charge on any atom is -0.346 e. The van der Waals surface area contributed by atoms with Gasteiger partial charge in [0.05, 0.1) is 6.54 Å². The molecule has 0 amide bonds. The SMILES string of the molecule is Cc1c(CNCc2ncn[nH]2)n(C)c2ccccc12. The van der Waals surface area contributed by atoms with E-state index in [-0.39, 0.29) is 0 Å². The lowest BCUT2D eigenvalue weighted by molar-refractivity contribution is 0.636. The Bertz CT molecular complexity index is 642. The van der Waals surface area contributed by atoms with Gasteiger partial charge in [0.2, 0.25) is 0 Å². The monoisotopic (exact) mass is 255 g/mol. The Morgan fingerprint density at radius 2 is 2.11 bits per heavy atom. The highest BCUT2D eigenvalue weighted by atomic mass is 15.2. The molecule has 0 radical (unpaired) electrons. The molecule has 5 heteroatoms. The van der Waals surface area contributed by atoms with Crippen molar-refractivity contribution < 1.29 is 0 Å². The number of hydrogen-bond acceptors (Lipinski definition) is 3. The number of nitrogens with one attached hydrogen (secondary N) is 2. The molecule has 5 nitrogen and oxygen atoms in total. The third kappa shape index (κ3) is 2.13. The summed E-state index contributed by atoms with van der Waals surface area (Å²) < 4.78 is 2.25. The normalized spacial score (nSPS) is 11.3. The summed E-state index contributed by atoms with van der Waals surface area (Å²) in [5, 5.41) is 11.4. The highest BCUT2D eigenvalue weighted by Crippen LogP contribution is 2.24. The van der Waals surface area contributed by atoms with Crippen molar-refractivity contribution in [2.45, 2.75) is 20.0 Å². The van der Waals surface area contributed by atoms with Crippen LogP contribution in [-0.2, 0) is 20.1 Å². The number of aromatic nitrogens is 4. The van der Waals surface area contributed by atoms with Gasteiger partial charge >= 0.3 is 0 Å². The standard InChI is InChI=1S/C14H17N5/c1-10-11-5-3-4-6-12(11)19(2)13(10)7-15-8-14-16-9-17-18-14/h3-6,9,15H,7-8H2,1-2H3,(H,16,17,18). The van der Waals surface area contributed by atoms with Gasteiger partial charge in [0, 0.05) is 30.2 Å². The van der Waals surface area contributed by atoms with Crippen molar-refractivity contribution in [1.82, 2.24) is 25.1 Å². The Balaban J connectivity index is 1.81. The maximum Gasteiger partial charge on any atom is 0.138 e. The van der Waals surface area contributed by atoms with Crippen LogP contribution in [0.1, 0.15) is 17.1 Å². The maximum absolute atomic E-state index is 4.10. The molecule has 0 aliphatic heterocycles. The van der Waals surface area contributed by atoms with Gasteiger partial charge in [-0.1, -0.05) is 18.2 Å². The Hall–Kier alpha value is -2.14. The van der Waals surface area contributed by atoms with Crippen LogP contribution in [-0.4, -0.2) is 19.7 Å². The van der Waals surface area contributed by atoms with Crippen molar-refractivity contribution in [2.75, 3.05) is 0 Å². The van der Waals surface area contributed by atoms with Crippen LogP contribution in [0.2, 0.25) is 0 Å². The fraction of sp³-hybridized carbons (Fsp3) is 0.286. The van der Waals surface area contributed by atoms with E-state index in [1.165, 1.54) is 28.5 Å². The van der Waals surface area contributed by atoms with Gasteiger partial charge in [-0.3, -0.25) is 5.10 Å². The smallest absolute Gasteiger partial charge is 0.138 e. The van der Waals surface area contributed by atoms with Crippen LogP contribution < -0.4 is 5.32 Å². The zero-order chi connectivity index (χ0) is 13.2. The first-order valence-corrected chi connectivity index (χ1v) is 6.35. The van der Waals surface area contributed by atoms with E-state index in [2.05, 4.69) is 63.3 Å². The van der Waals surface area contributed by atoms with Gasteiger partial charge in [-0.2, -0.15) is 5.10 Å². The van der Waals surface area contributed by atoms with Gasteiger partial charge in [-0.15, -0.1) is 0 Å². The molecule has 1 aromatic carbocycles. The van der Waals surface area contributed by atoms with E-state index in [1.54, 1.807) is 0 Å². The largest absolute Gasteiger partial charge is 0.346 e. The maximum atomic E-state index is 4.10. The lowest BCUT2D eigenvalue weighted by Gasteiger charge is -2.06. The van der Waals surface area contributed by atoms with Crippen molar-refractivity contribution >= 4 is 10.9 Å². The Morgan fingerprint density at radius 1 is 1.26 bits per heavy atom. The molecule has 0 aliphatic rings. The molecule has 0 fully saturated rings. The summed E-state index contributed by atoms with van der Waals surface area (Å²) in [7, 11) is 2.11. The van der Waals surface area contributed by atoms with Crippen molar-refractivity contribution in [2.24, 2.45) is 7.05 Å². The van der Waals surface area contributed by atoms with Crippen molar-refractivity contribution in [3.05, 3.63) is 47.7 Å². The van der Waals surface area contributed by atoms with E-state index in [9.17, 15) is 0 Å². The molecule has 0 aliphatic carbocycles. The number of benzene rings is 1. The average Bonchev–Trinajstić information content (AvgIpc) is 3.02. The third-order valence-corrected chi connectivity index (χ3v) is 3.56. The molecular formula is C14H17N5. The first-order valence-electron chi connectivity index (χ1n) is 6.35. The van der Waals surface area contributed by atoms with Gasteiger partial charge in [0.1, 0.15) is 12.2 Å². The summed E-state index contributed by atoms with van der Waals surface area (Å²) in [6.07, 6.45) is 1.53. The molecule has 0 bridgehead atoms. The zero-order valence-electron chi connectivity index (χ0n) is 11.1. The lowest BCUT2D eigenvalue weighted by atomic mass is 10.1. The number of nitrogens with zero attached hydrogens (tertiary/aromatic N) is 3. The van der Waals surface area contributed by atoms with Crippen LogP contribution in [0.15, 0.2) is 30.6 Å². The molecule has 98 valence electrons. The number of hydrogen-bond donors (Lipinski definition) is 2. The number of aryl methyl sites for hydroxylation is 2. The molecule has 0 atom stereocenters. The minimum atomic E-state index is 0.695. The number of H-pyrrole nitrogens is 1. The second-order valence-electron chi connectivity index (χ2n) is 4.68. The van der Waals surface area contributed by atoms with E-state index >= 15 is 0 Å². The third-order valence-electron chi connectivity index (χ3n) is 3.56. The van der Waals surface area contributed by atoms with Gasteiger partial charge < -0.3 is 9.88 Å². The minimum absolute atomic E-state index is 0.695. The molecule has 0 saturated heterocycles. The van der Waals surface area contributed by atoms with Crippen LogP contribution in [0.3, 0.4) is 0 Å². The number of fused-ring (bicyclic) bond motifs is 1. The topological polar surface area (TPSA) is 58.5 Å². The molecular weight excluding hydrogens is 238 g/mol. The number of rotatable bonds is 4. The molecule has 3 aromatic rings. The van der Waals surface area contributed by atoms with E-state index in [0.29, 0.717) is 6.54 Å². The molecule has 19 heavy (non-hydrogen) atoms. The highest BCUT2D eigenvalue weighted by molar-refractivity contribution is 5.85. The zero-order valence-corrected chi connectivity index (χ0v) is 11.1. The summed E-state index contributed by atoms with van der Waals surface area (Å²) in [6.45, 7) is 3.69. The second kappa shape index (κ2) is 4.85. The van der Waals surface area contributed by atoms with Gasteiger partial charge in [-0.25, -0.2) is 4.98 Å². The van der Waals surface area contributed by atoms with Crippen molar-refractivity contribution in [3.8, 4) is 0 Å². The van der Waals surface area contributed by atoms with E-state index in [1.807, 2.05) is 0 Å². The molecule has 0 unspecified atom stereocenters. The van der Waals surface area contributed by atoms with E-state index < -0.39 is 0 Å². The fourth-order valence-corrected chi connectivity index (χ4v) is 2.50. The Kier molecular flexibility index (Phi) is 3.05. The lowest BCUT2D eigenvalue weighted by Crippen LogP contribution is -2.16. The predicted molar refractivity (Wildman–Crippen MR) is 74.6 cm³/mol. The highest BCUT2D eigenvalue weighted by Gasteiger charge is 2.10. The number of para-hydroxylation sites is 1. The average molecular weight is 255 g/mol. The predicted octanol–water partition coefficient (Wildman–Crippen LogP) is 1.89. The Morgan fingerprint density at radius 3 is 2.84 bits per heavy atom. The summed E-state index contributed by atoms with van der Waals surface area (Å²) in [4.78, 5) is 4.10. The van der Waals surface area contributed by atoms with Crippen molar-refractivity contribution in [3.63, 3.8) is 0 Å². The first kappa shape index (κ1) is 11.9. The summed E-state index contributed by atoms with van der Waals surface area (Å²) in [6, 6.07) is 8.49. The first-order chi connectivity index (χ1) is 9.27. The molecule has 0 saturated carbocycles. The van der Waals surface area contributed by atoms with Crippen LogP contribution in [0.25, 0.3) is 10.9 Å². The second-order valence-corrected chi connectivity index (χ2v) is 4.68. The summed E-state index contributed by atoms with van der Waals surface area (Å²) in [5.74, 6) is 0.858.